The summed E-state index contributed by atoms with van der Waals surface area (Å²) >= 11 is 0. The zero-order chi connectivity index (χ0) is 13.8. The van der Waals surface area contributed by atoms with Crippen molar-refractivity contribution < 1.29 is 23.9 Å². The van der Waals surface area contributed by atoms with E-state index >= 15 is 0 Å². The van der Waals surface area contributed by atoms with Crippen molar-refractivity contribution in [2.45, 2.75) is 24.7 Å². The summed E-state index contributed by atoms with van der Waals surface area (Å²) in [5, 5.41) is 10.7. The Hall–Kier alpha value is -2.15. The van der Waals surface area contributed by atoms with Gasteiger partial charge in [-0.1, -0.05) is 0 Å². The van der Waals surface area contributed by atoms with Crippen molar-refractivity contribution in [1.82, 2.24) is 0 Å². The summed E-state index contributed by atoms with van der Waals surface area (Å²) in [5.41, 5.74) is -0.637. The number of carbonyl (C=O) groups excluding carboxylic acids is 1. The molecule has 1 aromatic rings. The monoisotopic (exact) mass is 265 g/mol. The fourth-order valence-electron chi connectivity index (χ4n) is 2.38. The van der Waals surface area contributed by atoms with E-state index in [1.807, 2.05) is 0 Å². The molecule has 0 saturated carbocycles. The molecule has 7 heteroatoms. The van der Waals surface area contributed by atoms with Crippen molar-refractivity contribution in [2.75, 3.05) is 7.11 Å². The molecule has 19 heavy (non-hydrogen) atoms. The summed E-state index contributed by atoms with van der Waals surface area (Å²) < 4.78 is 15.8. The minimum atomic E-state index is -1.21. The molecular formula is C12H11NO6. The molecule has 0 unspecified atom stereocenters. The van der Waals surface area contributed by atoms with Gasteiger partial charge in [-0.05, 0) is 13.0 Å². The van der Waals surface area contributed by atoms with Gasteiger partial charge in [0.25, 0.3) is 5.69 Å². The van der Waals surface area contributed by atoms with Crippen LogP contribution >= 0.6 is 0 Å². The number of benzene rings is 1. The number of epoxide rings is 1. The van der Waals surface area contributed by atoms with Crippen LogP contribution in [-0.2, 0) is 14.3 Å². The largest absolute Gasteiger partial charge is 0.473 e. The Kier molecular flexibility index (Phi) is 2.30. The second kappa shape index (κ2) is 3.67. The maximum absolute atomic E-state index is 11.8. The van der Waals surface area contributed by atoms with Gasteiger partial charge < -0.3 is 14.2 Å². The van der Waals surface area contributed by atoms with Gasteiger partial charge in [0.05, 0.1) is 12.0 Å². The molecule has 0 radical (unpaired) electrons. The summed E-state index contributed by atoms with van der Waals surface area (Å²) in [6, 6.07) is 4.22. The van der Waals surface area contributed by atoms with Gasteiger partial charge in [-0.15, -0.1) is 0 Å². The van der Waals surface area contributed by atoms with Crippen LogP contribution in [0.2, 0.25) is 0 Å². The Labute approximate surface area is 108 Å². The zero-order valence-corrected chi connectivity index (χ0v) is 10.3. The molecule has 0 aromatic heterocycles. The van der Waals surface area contributed by atoms with Crippen LogP contribution in [0.1, 0.15) is 18.6 Å². The molecule has 1 fully saturated rings. The number of rotatable bonds is 2. The molecule has 0 aliphatic carbocycles. The number of methoxy groups -OCH3 is 1. The first kappa shape index (κ1) is 11.9. The quantitative estimate of drug-likeness (QED) is 0.347. The Balaban J connectivity index is 2.01. The molecule has 1 aromatic carbocycles. The van der Waals surface area contributed by atoms with Gasteiger partial charge in [0.15, 0.2) is 0 Å². The maximum atomic E-state index is 11.8. The van der Waals surface area contributed by atoms with Gasteiger partial charge >= 0.3 is 5.97 Å². The second-order valence-electron chi connectivity index (χ2n) is 4.66. The standard InChI is InChI=1S/C12H11NO6/c1-12(11(14)17-2)10-9(18-10)7-5-6(13(15)16)3-4-8(7)19-12/h3-5,9-10H,1-2H3/t9-,10-,12-/m1/s1. The number of ether oxygens (including phenoxy) is 3. The number of carbonyl (C=O) groups is 1. The first-order valence-electron chi connectivity index (χ1n) is 5.68. The van der Waals surface area contributed by atoms with E-state index in [-0.39, 0.29) is 11.8 Å². The van der Waals surface area contributed by atoms with Gasteiger partial charge in [-0.2, -0.15) is 0 Å². The van der Waals surface area contributed by atoms with Crippen LogP contribution in [0.5, 0.6) is 5.75 Å². The van der Waals surface area contributed by atoms with Crippen LogP contribution in [0.25, 0.3) is 0 Å². The number of nitro benzene ring substituents is 1. The van der Waals surface area contributed by atoms with E-state index in [0.29, 0.717) is 11.3 Å². The zero-order valence-electron chi connectivity index (χ0n) is 10.3. The SMILES string of the molecule is COC(=O)[C@]1(C)Oc2ccc([N+](=O)[O-])cc2[C@H]2O[C@H]21. The molecule has 1 saturated heterocycles. The molecule has 2 aliphatic heterocycles. The third kappa shape index (κ3) is 1.58. The Morgan fingerprint density at radius 2 is 2.26 bits per heavy atom. The van der Waals surface area contributed by atoms with Gasteiger partial charge in [0.2, 0.25) is 5.60 Å². The average Bonchev–Trinajstić information content (AvgIpc) is 3.18. The second-order valence-corrected chi connectivity index (χ2v) is 4.66. The van der Waals surface area contributed by atoms with Gasteiger partial charge in [0.1, 0.15) is 18.0 Å². The van der Waals surface area contributed by atoms with Crippen molar-refractivity contribution in [3.05, 3.63) is 33.9 Å². The maximum Gasteiger partial charge on any atom is 0.352 e. The Morgan fingerprint density at radius 1 is 1.53 bits per heavy atom. The van der Waals surface area contributed by atoms with E-state index < -0.39 is 22.6 Å². The normalized spacial score (nSPS) is 30.6. The predicted molar refractivity (Wildman–Crippen MR) is 61.8 cm³/mol. The van der Waals surface area contributed by atoms with Crippen molar-refractivity contribution in [1.29, 1.82) is 0 Å². The molecule has 7 nitrogen and oxygen atoms in total. The van der Waals surface area contributed by atoms with Gasteiger partial charge in [-0.25, -0.2) is 4.79 Å². The first-order chi connectivity index (χ1) is 8.97. The molecule has 0 amide bonds. The van der Waals surface area contributed by atoms with Crippen LogP contribution < -0.4 is 4.74 Å². The minimum Gasteiger partial charge on any atom is -0.473 e. The molecule has 3 rings (SSSR count). The van der Waals surface area contributed by atoms with Crippen molar-refractivity contribution in [2.24, 2.45) is 0 Å². The van der Waals surface area contributed by atoms with Crippen LogP contribution in [-0.4, -0.2) is 29.7 Å². The number of non-ortho nitro benzene ring substituents is 1. The molecule has 2 heterocycles. The molecule has 0 N–H and O–H groups in total. The lowest BCUT2D eigenvalue weighted by atomic mass is 9.92. The molecule has 0 spiro atoms. The lowest BCUT2D eigenvalue weighted by Gasteiger charge is -2.30. The fourth-order valence-corrected chi connectivity index (χ4v) is 2.38. The molecule has 3 atom stereocenters. The van der Waals surface area contributed by atoms with Crippen LogP contribution in [0.4, 0.5) is 5.69 Å². The topological polar surface area (TPSA) is 91.2 Å². The third-order valence-corrected chi connectivity index (χ3v) is 3.46. The number of fused-ring (bicyclic) bond motifs is 3. The van der Waals surface area contributed by atoms with E-state index in [1.54, 1.807) is 6.92 Å². The average molecular weight is 265 g/mol. The molecule has 100 valence electrons. The highest BCUT2D eigenvalue weighted by atomic mass is 16.7. The molecule has 0 bridgehead atoms. The number of hydrogen-bond acceptors (Lipinski definition) is 6. The first-order valence-corrected chi connectivity index (χ1v) is 5.68. The van der Waals surface area contributed by atoms with Gasteiger partial charge in [-0.3, -0.25) is 10.1 Å². The van der Waals surface area contributed by atoms with Crippen LogP contribution in [0.3, 0.4) is 0 Å². The van der Waals surface area contributed by atoms with E-state index in [1.165, 1.54) is 25.3 Å². The third-order valence-electron chi connectivity index (χ3n) is 3.46. The highest BCUT2D eigenvalue weighted by Gasteiger charge is 2.63. The summed E-state index contributed by atoms with van der Waals surface area (Å²) in [6.45, 7) is 1.59. The van der Waals surface area contributed by atoms with Crippen molar-refractivity contribution >= 4 is 11.7 Å². The Morgan fingerprint density at radius 3 is 2.89 bits per heavy atom. The van der Waals surface area contributed by atoms with Crippen molar-refractivity contribution in [3.63, 3.8) is 0 Å². The summed E-state index contributed by atoms with van der Waals surface area (Å²) in [7, 11) is 1.28. The number of esters is 1. The summed E-state index contributed by atoms with van der Waals surface area (Å²) in [4.78, 5) is 22.0. The summed E-state index contributed by atoms with van der Waals surface area (Å²) in [5.74, 6) is -0.110. The molecule has 2 aliphatic rings. The highest BCUT2D eigenvalue weighted by Crippen LogP contribution is 2.54. The van der Waals surface area contributed by atoms with E-state index in [4.69, 9.17) is 14.2 Å². The van der Waals surface area contributed by atoms with Crippen LogP contribution in [0.15, 0.2) is 18.2 Å². The van der Waals surface area contributed by atoms with Gasteiger partial charge in [0, 0.05) is 17.7 Å². The predicted octanol–water partition coefficient (Wildman–Crippen LogP) is 1.36. The molecular weight excluding hydrogens is 254 g/mol. The van der Waals surface area contributed by atoms with E-state index in [9.17, 15) is 14.9 Å². The lowest BCUT2D eigenvalue weighted by molar-refractivity contribution is -0.385. The summed E-state index contributed by atoms with van der Waals surface area (Å²) in [6.07, 6.45) is -0.817. The van der Waals surface area contributed by atoms with Crippen LogP contribution in [0, 0.1) is 10.1 Å². The smallest absolute Gasteiger partial charge is 0.352 e. The van der Waals surface area contributed by atoms with E-state index in [0.717, 1.165) is 0 Å². The number of nitrogens with zero attached hydrogens (tertiary/aromatic N) is 1. The fraction of sp³-hybridized carbons (Fsp3) is 0.417. The number of hydrogen-bond donors (Lipinski definition) is 0. The minimum absolute atomic E-state index is 0.0294. The van der Waals surface area contributed by atoms with E-state index in [2.05, 4.69) is 0 Å². The Bertz CT molecular complexity index is 586. The lowest BCUT2D eigenvalue weighted by Crippen LogP contribution is -2.49. The highest BCUT2D eigenvalue weighted by molar-refractivity contribution is 5.82. The van der Waals surface area contributed by atoms with Crippen molar-refractivity contribution in [3.8, 4) is 5.75 Å². The number of nitro groups is 1.